The summed E-state index contributed by atoms with van der Waals surface area (Å²) in [4.78, 5) is 12.2. The maximum atomic E-state index is 13.0. The van der Waals surface area contributed by atoms with Gasteiger partial charge in [0.2, 0.25) is 11.1 Å². The van der Waals surface area contributed by atoms with E-state index in [0.717, 1.165) is 17.7 Å². The molecule has 0 aliphatic carbocycles. The lowest BCUT2D eigenvalue weighted by Gasteiger charge is -2.09. The van der Waals surface area contributed by atoms with Crippen LogP contribution >= 0.6 is 11.8 Å². The predicted octanol–water partition coefficient (Wildman–Crippen LogP) is 3.09. The summed E-state index contributed by atoms with van der Waals surface area (Å²) in [5, 5.41) is 11.3. The third kappa shape index (κ3) is 4.02. The first-order valence-corrected chi connectivity index (χ1v) is 9.04. The summed E-state index contributed by atoms with van der Waals surface area (Å²) in [7, 11) is 0. The van der Waals surface area contributed by atoms with Crippen molar-refractivity contribution in [1.82, 2.24) is 14.9 Å². The van der Waals surface area contributed by atoms with Crippen LogP contribution in [-0.2, 0) is 11.2 Å². The lowest BCUT2D eigenvalue weighted by molar-refractivity contribution is -0.113. The van der Waals surface area contributed by atoms with E-state index in [1.54, 1.807) is 12.1 Å². The van der Waals surface area contributed by atoms with E-state index >= 15 is 0 Å². The normalized spacial score (nSPS) is 10.7. The Hall–Kier alpha value is -2.87. The van der Waals surface area contributed by atoms with Gasteiger partial charge < -0.3 is 11.2 Å². The molecule has 2 aromatic carbocycles. The van der Waals surface area contributed by atoms with E-state index in [1.165, 1.54) is 28.6 Å². The van der Waals surface area contributed by atoms with Crippen LogP contribution in [0, 0.1) is 5.82 Å². The lowest BCUT2D eigenvalue weighted by atomic mass is 10.1. The molecule has 1 amide bonds. The number of hydrogen-bond donors (Lipinski definition) is 2. The summed E-state index contributed by atoms with van der Waals surface area (Å²) >= 11 is 1.18. The number of thioether (sulfide) groups is 1. The molecule has 0 bridgehead atoms. The van der Waals surface area contributed by atoms with Crippen LogP contribution in [0.1, 0.15) is 12.5 Å². The minimum Gasteiger partial charge on any atom is -0.335 e. The zero-order valence-electron chi connectivity index (χ0n) is 14.1. The van der Waals surface area contributed by atoms with Gasteiger partial charge in [-0.2, -0.15) is 0 Å². The summed E-state index contributed by atoms with van der Waals surface area (Å²) in [6, 6.07) is 13.5. The number of benzene rings is 2. The standard InChI is InChI=1S/C18H18FN5OS/c1-2-12-5-3-4-6-15(12)21-16(25)11-26-18-23-22-17(24(18)20)13-7-9-14(19)10-8-13/h3-10H,2,11,20H2,1H3,(H,21,25). The lowest BCUT2D eigenvalue weighted by Crippen LogP contribution is -2.17. The Morgan fingerprint density at radius 3 is 2.65 bits per heavy atom. The fraction of sp³-hybridized carbons (Fsp3) is 0.167. The summed E-state index contributed by atoms with van der Waals surface area (Å²) in [6.07, 6.45) is 0.835. The number of aromatic nitrogens is 3. The van der Waals surface area contributed by atoms with Crippen LogP contribution in [0.2, 0.25) is 0 Å². The van der Waals surface area contributed by atoms with Crippen molar-refractivity contribution < 1.29 is 9.18 Å². The maximum Gasteiger partial charge on any atom is 0.234 e. The number of nitrogen functional groups attached to an aromatic ring is 1. The first-order valence-electron chi connectivity index (χ1n) is 8.05. The highest BCUT2D eigenvalue weighted by molar-refractivity contribution is 7.99. The number of carbonyl (C=O) groups excluding carboxylic acids is 1. The van der Waals surface area contributed by atoms with E-state index in [2.05, 4.69) is 15.5 Å². The molecule has 6 nitrogen and oxygen atoms in total. The average Bonchev–Trinajstić information content (AvgIpc) is 3.02. The number of anilines is 1. The Kier molecular flexibility index (Phi) is 5.52. The van der Waals surface area contributed by atoms with E-state index in [4.69, 9.17) is 5.84 Å². The van der Waals surface area contributed by atoms with Crippen LogP contribution in [0.4, 0.5) is 10.1 Å². The second-order valence-electron chi connectivity index (χ2n) is 5.53. The van der Waals surface area contributed by atoms with Gasteiger partial charge in [0.05, 0.1) is 5.75 Å². The number of aryl methyl sites for hydroxylation is 1. The number of carbonyl (C=O) groups is 1. The quantitative estimate of drug-likeness (QED) is 0.514. The van der Waals surface area contributed by atoms with Crippen LogP contribution in [0.25, 0.3) is 11.4 Å². The van der Waals surface area contributed by atoms with Gasteiger partial charge in [-0.1, -0.05) is 36.9 Å². The number of nitrogens with two attached hydrogens (primary N) is 1. The smallest absolute Gasteiger partial charge is 0.234 e. The predicted molar refractivity (Wildman–Crippen MR) is 101 cm³/mol. The minimum atomic E-state index is -0.338. The summed E-state index contributed by atoms with van der Waals surface area (Å²) in [5.74, 6) is 6.07. The molecule has 0 saturated carbocycles. The third-order valence-corrected chi connectivity index (χ3v) is 4.71. The topological polar surface area (TPSA) is 85.8 Å². The monoisotopic (exact) mass is 371 g/mol. The number of nitrogens with zero attached hydrogens (tertiary/aromatic N) is 3. The molecule has 0 aliphatic rings. The molecule has 0 unspecified atom stereocenters. The number of rotatable bonds is 6. The van der Waals surface area contributed by atoms with Gasteiger partial charge in [0.15, 0.2) is 5.82 Å². The molecule has 0 saturated heterocycles. The number of hydrogen-bond acceptors (Lipinski definition) is 5. The Labute approximate surface area is 154 Å². The molecule has 26 heavy (non-hydrogen) atoms. The van der Waals surface area contributed by atoms with Crippen molar-refractivity contribution in [3.05, 3.63) is 59.9 Å². The zero-order chi connectivity index (χ0) is 18.5. The molecule has 0 aliphatic heterocycles. The van der Waals surface area contributed by atoms with Crippen LogP contribution in [0.3, 0.4) is 0 Å². The first kappa shape index (κ1) is 17.9. The van der Waals surface area contributed by atoms with Crippen molar-refractivity contribution in [1.29, 1.82) is 0 Å². The number of halogens is 1. The van der Waals surface area contributed by atoms with Gasteiger partial charge in [-0.3, -0.25) is 4.79 Å². The molecule has 3 aromatic rings. The summed E-state index contributed by atoms with van der Waals surface area (Å²) in [6.45, 7) is 2.04. The molecule has 3 rings (SSSR count). The maximum absolute atomic E-state index is 13.0. The van der Waals surface area contributed by atoms with E-state index in [0.29, 0.717) is 16.5 Å². The fourth-order valence-corrected chi connectivity index (χ4v) is 3.09. The SMILES string of the molecule is CCc1ccccc1NC(=O)CSc1nnc(-c2ccc(F)cc2)n1N. The summed E-state index contributed by atoms with van der Waals surface area (Å²) < 4.78 is 14.3. The molecule has 0 spiro atoms. The van der Waals surface area contributed by atoms with Gasteiger partial charge in [0, 0.05) is 11.3 Å². The Balaban J connectivity index is 1.65. The van der Waals surface area contributed by atoms with Gasteiger partial charge in [0.1, 0.15) is 5.82 Å². The average molecular weight is 371 g/mol. The van der Waals surface area contributed by atoms with Crippen LogP contribution in [0.5, 0.6) is 0 Å². The number of nitrogens with one attached hydrogen (secondary N) is 1. The Morgan fingerprint density at radius 1 is 1.19 bits per heavy atom. The minimum absolute atomic E-state index is 0.150. The largest absolute Gasteiger partial charge is 0.335 e. The number of amides is 1. The molecular formula is C18H18FN5OS. The second-order valence-corrected chi connectivity index (χ2v) is 6.47. The van der Waals surface area contributed by atoms with Crippen molar-refractivity contribution in [2.75, 3.05) is 16.9 Å². The zero-order valence-corrected chi connectivity index (χ0v) is 15.0. The summed E-state index contributed by atoms with van der Waals surface area (Å²) in [5.41, 5.74) is 2.53. The second kappa shape index (κ2) is 8.01. The highest BCUT2D eigenvalue weighted by Gasteiger charge is 2.14. The van der Waals surface area contributed by atoms with Gasteiger partial charge in [0.25, 0.3) is 0 Å². The van der Waals surface area contributed by atoms with E-state index in [9.17, 15) is 9.18 Å². The molecule has 1 heterocycles. The fourth-order valence-electron chi connectivity index (χ4n) is 2.44. The Bertz CT molecular complexity index is 910. The highest BCUT2D eigenvalue weighted by atomic mass is 32.2. The first-order chi connectivity index (χ1) is 12.6. The molecule has 0 radical (unpaired) electrons. The molecule has 1 aromatic heterocycles. The number of para-hydroxylation sites is 1. The van der Waals surface area contributed by atoms with Gasteiger partial charge in [-0.05, 0) is 42.3 Å². The third-order valence-electron chi connectivity index (χ3n) is 3.77. The van der Waals surface area contributed by atoms with Crippen LogP contribution in [-0.4, -0.2) is 26.5 Å². The van der Waals surface area contributed by atoms with Crippen molar-refractivity contribution in [2.24, 2.45) is 0 Å². The Morgan fingerprint density at radius 2 is 1.92 bits per heavy atom. The van der Waals surface area contributed by atoms with Gasteiger partial charge in [-0.25, -0.2) is 9.07 Å². The molecule has 134 valence electrons. The molecule has 8 heteroatoms. The van der Waals surface area contributed by atoms with Gasteiger partial charge >= 0.3 is 0 Å². The van der Waals surface area contributed by atoms with Crippen molar-refractivity contribution in [3.8, 4) is 11.4 Å². The van der Waals surface area contributed by atoms with Gasteiger partial charge in [-0.15, -0.1) is 10.2 Å². The van der Waals surface area contributed by atoms with Crippen molar-refractivity contribution in [3.63, 3.8) is 0 Å². The van der Waals surface area contributed by atoms with Crippen molar-refractivity contribution in [2.45, 2.75) is 18.5 Å². The van der Waals surface area contributed by atoms with E-state index in [1.807, 2.05) is 31.2 Å². The molecule has 0 atom stereocenters. The van der Waals surface area contributed by atoms with Crippen LogP contribution in [0.15, 0.2) is 53.7 Å². The highest BCUT2D eigenvalue weighted by Crippen LogP contribution is 2.22. The molecule has 0 fully saturated rings. The molecular weight excluding hydrogens is 353 g/mol. The van der Waals surface area contributed by atoms with E-state index < -0.39 is 0 Å². The van der Waals surface area contributed by atoms with E-state index in [-0.39, 0.29) is 17.5 Å². The van der Waals surface area contributed by atoms with Crippen LogP contribution < -0.4 is 11.2 Å². The van der Waals surface area contributed by atoms with Crippen molar-refractivity contribution >= 4 is 23.4 Å². The molecule has 3 N–H and O–H groups in total.